The fourth-order valence-corrected chi connectivity index (χ4v) is 3.10. The first-order valence-electron chi connectivity index (χ1n) is 7.47. The lowest BCUT2D eigenvalue weighted by Crippen LogP contribution is -2.21. The van der Waals surface area contributed by atoms with Crippen LogP contribution < -0.4 is 5.32 Å². The molecule has 0 bridgehead atoms. The Bertz CT molecular complexity index is 743. The van der Waals surface area contributed by atoms with E-state index in [1.54, 1.807) is 11.3 Å². The van der Waals surface area contributed by atoms with Crippen LogP contribution in [0.1, 0.15) is 31.9 Å². The molecule has 0 saturated carbocycles. The maximum atomic E-state index is 11.6. The first-order chi connectivity index (χ1) is 10.8. The van der Waals surface area contributed by atoms with E-state index in [0.29, 0.717) is 13.0 Å². The molecule has 22 heavy (non-hydrogen) atoms. The van der Waals surface area contributed by atoms with Gasteiger partial charge in [0, 0.05) is 6.42 Å². The number of nitrogens with zero attached hydrogens (tertiary/aromatic N) is 1. The van der Waals surface area contributed by atoms with Gasteiger partial charge in [0.1, 0.15) is 5.76 Å². The normalized spacial score (nSPS) is 11.0. The van der Waals surface area contributed by atoms with Crippen LogP contribution in [0.3, 0.4) is 0 Å². The zero-order valence-electron chi connectivity index (χ0n) is 12.5. The van der Waals surface area contributed by atoms with E-state index in [0.717, 1.165) is 39.6 Å². The average Bonchev–Trinajstić information content (AvgIpc) is 3.16. The summed E-state index contributed by atoms with van der Waals surface area (Å²) in [5.41, 5.74) is 0.980. The third-order valence-corrected chi connectivity index (χ3v) is 4.43. The van der Waals surface area contributed by atoms with E-state index in [4.69, 9.17) is 4.42 Å². The fourth-order valence-electron chi connectivity index (χ4n) is 2.18. The van der Waals surface area contributed by atoms with Crippen LogP contribution in [0.2, 0.25) is 0 Å². The molecule has 4 nitrogen and oxygen atoms in total. The Labute approximate surface area is 133 Å². The van der Waals surface area contributed by atoms with E-state index < -0.39 is 0 Å². The van der Waals surface area contributed by atoms with Crippen LogP contribution in [0.5, 0.6) is 0 Å². The fraction of sp³-hybridized carbons (Fsp3) is 0.294. The van der Waals surface area contributed by atoms with E-state index in [1.807, 2.05) is 36.4 Å². The van der Waals surface area contributed by atoms with E-state index in [9.17, 15) is 4.79 Å². The second-order valence-corrected chi connectivity index (χ2v) is 6.16. The maximum Gasteiger partial charge on any atom is 0.220 e. The van der Waals surface area contributed by atoms with Crippen LogP contribution in [0.25, 0.3) is 21.0 Å². The van der Waals surface area contributed by atoms with Crippen molar-refractivity contribution in [1.82, 2.24) is 10.3 Å². The average molecular weight is 314 g/mol. The summed E-state index contributed by atoms with van der Waals surface area (Å²) in [7, 11) is 0. The number of hydrogen-bond donors (Lipinski definition) is 1. The Kier molecular flexibility index (Phi) is 4.53. The highest BCUT2D eigenvalue weighted by atomic mass is 32.1. The van der Waals surface area contributed by atoms with Gasteiger partial charge in [0.25, 0.3) is 0 Å². The second-order valence-electron chi connectivity index (χ2n) is 5.13. The number of thiazole rings is 1. The minimum Gasteiger partial charge on any atom is -0.457 e. The van der Waals surface area contributed by atoms with Crippen LogP contribution in [0, 0.1) is 0 Å². The van der Waals surface area contributed by atoms with E-state index >= 15 is 0 Å². The molecule has 5 heteroatoms. The molecule has 2 heterocycles. The summed E-state index contributed by atoms with van der Waals surface area (Å²) >= 11 is 1.61. The van der Waals surface area contributed by atoms with Gasteiger partial charge in [-0.15, -0.1) is 11.3 Å². The Hall–Kier alpha value is -2.14. The predicted octanol–water partition coefficient (Wildman–Crippen LogP) is 4.36. The van der Waals surface area contributed by atoms with Gasteiger partial charge < -0.3 is 9.73 Å². The van der Waals surface area contributed by atoms with Crippen LogP contribution in [-0.2, 0) is 11.3 Å². The number of carbonyl (C=O) groups is 1. The lowest BCUT2D eigenvalue weighted by Gasteiger charge is -2.01. The SMILES string of the molecule is CCCCC(=O)NCc1ccc(-c2nc3ccccc3s2)o1. The van der Waals surface area contributed by atoms with Gasteiger partial charge in [0.05, 0.1) is 16.8 Å². The molecular formula is C17H18N2O2S. The molecule has 3 aromatic rings. The monoisotopic (exact) mass is 314 g/mol. The zero-order valence-corrected chi connectivity index (χ0v) is 13.3. The van der Waals surface area contributed by atoms with Gasteiger partial charge in [0.15, 0.2) is 10.8 Å². The summed E-state index contributed by atoms with van der Waals surface area (Å²) in [4.78, 5) is 16.2. The number of fused-ring (bicyclic) bond motifs is 1. The van der Waals surface area contributed by atoms with Gasteiger partial charge in [-0.1, -0.05) is 25.5 Å². The summed E-state index contributed by atoms with van der Waals surface area (Å²) in [5, 5.41) is 3.74. The molecule has 1 N–H and O–H groups in total. The first-order valence-corrected chi connectivity index (χ1v) is 8.29. The highest BCUT2D eigenvalue weighted by Gasteiger charge is 2.11. The summed E-state index contributed by atoms with van der Waals surface area (Å²) < 4.78 is 6.93. The van der Waals surface area contributed by atoms with Crippen molar-refractivity contribution in [3.05, 3.63) is 42.2 Å². The van der Waals surface area contributed by atoms with Crippen molar-refractivity contribution < 1.29 is 9.21 Å². The number of unbranched alkanes of at least 4 members (excludes halogenated alkanes) is 1. The van der Waals surface area contributed by atoms with Crippen molar-refractivity contribution in [2.45, 2.75) is 32.7 Å². The molecule has 0 unspecified atom stereocenters. The first kappa shape index (κ1) is 14.8. The second kappa shape index (κ2) is 6.75. The molecule has 0 spiro atoms. The molecule has 0 aliphatic rings. The van der Waals surface area contributed by atoms with Crippen LogP contribution in [0.15, 0.2) is 40.8 Å². The van der Waals surface area contributed by atoms with E-state index in [-0.39, 0.29) is 5.91 Å². The number of aromatic nitrogens is 1. The van der Waals surface area contributed by atoms with E-state index in [2.05, 4.69) is 17.2 Å². The molecule has 0 radical (unpaired) electrons. The number of amides is 1. The standard InChI is InChI=1S/C17H18N2O2S/c1-2-3-8-16(20)18-11-12-9-10-14(21-12)17-19-13-6-4-5-7-15(13)22-17/h4-7,9-10H,2-3,8,11H2,1H3,(H,18,20). The maximum absolute atomic E-state index is 11.6. The highest BCUT2D eigenvalue weighted by Crippen LogP contribution is 2.31. The van der Waals surface area contributed by atoms with E-state index in [1.165, 1.54) is 0 Å². The summed E-state index contributed by atoms with van der Waals surface area (Å²) in [6.45, 7) is 2.50. The molecule has 2 aromatic heterocycles. The summed E-state index contributed by atoms with van der Waals surface area (Å²) in [6.07, 6.45) is 2.51. The Balaban J connectivity index is 1.67. The molecule has 0 atom stereocenters. The van der Waals surface area contributed by atoms with Gasteiger partial charge in [-0.05, 0) is 30.7 Å². The molecule has 0 aliphatic carbocycles. The van der Waals surface area contributed by atoms with Gasteiger partial charge in [-0.25, -0.2) is 4.98 Å². The molecule has 0 fully saturated rings. The number of para-hydroxylation sites is 1. The highest BCUT2D eigenvalue weighted by molar-refractivity contribution is 7.21. The van der Waals surface area contributed by atoms with Gasteiger partial charge >= 0.3 is 0 Å². The number of carbonyl (C=O) groups excluding carboxylic acids is 1. The van der Waals surface area contributed by atoms with Crippen molar-refractivity contribution in [2.24, 2.45) is 0 Å². The number of nitrogens with one attached hydrogen (secondary N) is 1. The third-order valence-electron chi connectivity index (χ3n) is 3.38. The Morgan fingerprint density at radius 3 is 2.95 bits per heavy atom. The lowest BCUT2D eigenvalue weighted by molar-refractivity contribution is -0.121. The molecule has 114 valence electrons. The number of hydrogen-bond acceptors (Lipinski definition) is 4. The molecular weight excluding hydrogens is 296 g/mol. The van der Waals surface area contributed by atoms with Crippen molar-refractivity contribution in [3.8, 4) is 10.8 Å². The number of furan rings is 1. The van der Waals surface area contributed by atoms with Crippen molar-refractivity contribution in [1.29, 1.82) is 0 Å². The Morgan fingerprint density at radius 2 is 2.14 bits per heavy atom. The number of benzene rings is 1. The molecule has 3 rings (SSSR count). The summed E-state index contributed by atoms with van der Waals surface area (Å²) in [5.74, 6) is 1.57. The number of rotatable bonds is 6. The third kappa shape index (κ3) is 3.36. The van der Waals surface area contributed by atoms with Crippen LogP contribution in [-0.4, -0.2) is 10.9 Å². The van der Waals surface area contributed by atoms with Gasteiger partial charge in [0.2, 0.25) is 5.91 Å². The molecule has 1 aromatic carbocycles. The molecule has 0 saturated heterocycles. The minimum absolute atomic E-state index is 0.0692. The topological polar surface area (TPSA) is 55.1 Å². The van der Waals surface area contributed by atoms with Crippen molar-refractivity contribution in [2.75, 3.05) is 0 Å². The quantitative estimate of drug-likeness (QED) is 0.735. The smallest absolute Gasteiger partial charge is 0.220 e. The van der Waals surface area contributed by atoms with Crippen molar-refractivity contribution in [3.63, 3.8) is 0 Å². The van der Waals surface area contributed by atoms with Gasteiger partial charge in [-0.2, -0.15) is 0 Å². The lowest BCUT2D eigenvalue weighted by atomic mass is 10.2. The molecule has 1 amide bonds. The largest absolute Gasteiger partial charge is 0.457 e. The van der Waals surface area contributed by atoms with Crippen LogP contribution >= 0.6 is 11.3 Å². The Morgan fingerprint density at radius 1 is 1.27 bits per heavy atom. The molecule has 0 aliphatic heterocycles. The van der Waals surface area contributed by atoms with Crippen LogP contribution in [0.4, 0.5) is 0 Å². The minimum atomic E-state index is 0.0692. The van der Waals surface area contributed by atoms with Gasteiger partial charge in [-0.3, -0.25) is 4.79 Å². The zero-order chi connectivity index (χ0) is 15.4. The predicted molar refractivity (Wildman–Crippen MR) is 88.7 cm³/mol. The summed E-state index contributed by atoms with van der Waals surface area (Å²) in [6, 6.07) is 11.8. The van der Waals surface area contributed by atoms with Crippen molar-refractivity contribution >= 4 is 27.5 Å².